The molecule has 0 amide bonds. The van der Waals surface area contributed by atoms with E-state index in [1.54, 1.807) is 0 Å². The lowest BCUT2D eigenvalue weighted by Gasteiger charge is -2.08. The molecule has 0 atom stereocenters. The van der Waals surface area contributed by atoms with Crippen molar-refractivity contribution >= 4 is 0 Å². The highest BCUT2D eigenvalue weighted by atomic mass is 16.5. The lowest BCUT2D eigenvalue weighted by Crippen LogP contribution is -1.88. The molecule has 0 saturated heterocycles. The van der Waals surface area contributed by atoms with Gasteiger partial charge in [-0.15, -0.1) is 0 Å². The molecule has 1 radical (unpaired) electrons. The van der Waals surface area contributed by atoms with Gasteiger partial charge in [-0.3, -0.25) is 0 Å². The first-order valence-electron chi connectivity index (χ1n) is 8.57. The fraction of sp³-hybridized carbons (Fsp3) is 0.174. The van der Waals surface area contributed by atoms with Crippen molar-refractivity contribution in [2.75, 3.05) is 0 Å². The minimum Gasteiger partial charge on any atom is -0.457 e. The fourth-order valence-corrected chi connectivity index (χ4v) is 2.71. The summed E-state index contributed by atoms with van der Waals surface area (Å²) in [5.41, 5.74) is 3.77. The average molecular weight is 315 g/mol. The third-order valence-electron chi connectivity index (χ3n) is 4.09. The zero-order valence-electron chi connectivity index (χ0n) is 13.9. The molecule has 1 nitrogen and oxygen atoms in total. The molecule has 0 bridgehead atoms. The fourth-order valence-electron chi connectivity index (χ4n) is 2.71. The van der Waals surface area contributed by atoms with Gasteiger partial charge in [0, 0.05) is 0 Å². The zero-order chi connectivity index (χ0) is 16.6. The molecule has 0 saturated carbocycles. The Balaban J connectivity index is 1.61. The maximum Gasteiger partial charge on any atom is 0.127 e. The Bertz CT molecular complexity index is 727. The van der Waals surface area contributed by atoms with Crippen LogP contribution in [0.2, 0.25) is 0 Å². The van der Waals surface area contributed by atoms with Gasteiger partial charge in [-0.25, -0.2) is 0 Å². The molecular formula is C23H23O. The van der Waals surface area contributed by atoms with Crippen molar-refractivity contribution in [2.45, 2.75) is 25.7 Å². The predicted octanol–water partition coefficient (Wildman–Crippen LogP) is 6.69. The largest absolute Gasteiger partial charge is 0.457 e. The maximum atomic E-state index is 5.94. The second kappa shape index (κ2) is 8.35. The first kappa shape index (κ1) is 16.3. The Morgan fingerprint density at radius 2 is 1.21 bits per heavy atom. The molecule has 0 aliphatic heterocycles. The third-order valence-corrected chi connectivity index (χ3v) is 4.09. The number of rotatable bonds is 7. The highest BCUT2D eigenvalue weighted by Gasteiger charge is 2.00. The Labute approximate surface area is 144 Å². The van der Waals surface area contributed by atoms with Gasteiger partial charge in [0.05, 0.1) is 0 Å². The SMILES string of the molecule is [CH2]CCCCc1ccc(Oc2ccc(-c3ccccc3)cc2)cc1. The monoisotopic (exact) mass is 315 g/mol. The Morgan fingerprint density at radius 3 is 1.83 bits per heavy atom. The number of hydrogen-bond donors (Lipinski definition) is 0. The second-order valence-electron chi connectivity index (χ2n) is 5.95. The van der Waals surface area contributed by atoms with Crippen molar-refractivity contribution in [2.24, 2.45) is 0 Å². The van der Waals surface area contributed by atoms with Gasteiger partial charge in [0.25, 0.3) is 0 Å². The quantitative estimate of drug-likeness (QED) is 0.441. The van der Waals surface area contributed by atoms with Gasteiger partial charge >= 0.3 is 0 Å². The molecule has 3 aromatic rings. The van der Waals surface area contributed by atoms with E-state index in [1.165, 1.54) is 29.5 Å². The summed E-state index contributed by atoms with van der Waals surface area (Å²) in [6.07, 6.45) is 4.51. The number of aryl methyl sites for hydroxylation is 1. The summed E-state index contributed by atoms with van der Waals surface area (Å²) in [6.45, 7) is 3.88. The van der Waals surface area contributed by atoms with Crippen LogP contribution in [0.3, 0.4) is 0 Å². The lowest BCUT2D eigenvalue weighted by atomic mass is 10.1. The van der Waals surface area contributed by atoms with Crippen LogP contribution in [0, 0.1) is 6.92 Å². The van der Waals surface area contributed by atoms with Gasteiger partial charge in [0.15, 0.2) is 0 Å². The van der Waals surface area contributed by atoms with E-state index in [0.717, 1.165) is 24.3 Å². The van der Waals surface area contributed by atoms with Crippen molar-refractivity contribution in [3.8, 4) is 22.6 Å². The van der Waals surface area contributed by atoms with Crippen molar-refractivity contribution in [1.82, 2.24) is 0 Å². The van der Waals surface area contributed by atoms with Crippen LogP contribution >= 0.6 is 0 Å². The molecule has 1 heteroatoms. The molecule has 0 spiro atoms. The molecule has 0 aromatic heterocycles. The van der Waals surface area contributed by atoms with Crippen molar-refractivity contribution in [3.63, 3.8) is 0 Å². The maximum absolute atomic E-state index is 5.94. The zero-order valence-corrected chi connectivity index (χ0v) is 13.9. The predicted molar refractivity (Wildman–Crippen MR) is 101 cm³/mol. The summed E-state index contributed by atoms with van der Waals surface area (Å²) in [7, 11) is 0. The molecule has 121 valence electrons. The first-order chi connectivity index (χ1) is 11.8. The lowest BCUT2D eigenvalue weighted by molar-refractivity contribution is 0.482. The summed E-state index contributed by atoms with van der Waals surface area (Å²) in [6, 6.07) is 27.0. The topological polar surface area (TPSA) is 9.23 Å². The van der Waals surface area contributed by atoms with Crippen LogP contribution in [0.25, 0.3) is 11.1 Å². The number of unbranched alkanes of at least 4 members (excludes halogenated alkanes) is 2. The van der Waals surface area contributed by atoms with Crippen LogP contribution < -0.4 is 4.74 Å². The molecule has 0 N–H and O–H groups in total. The van der Waals surface area contributed by atoms with E-state index in [9.17, 15) is 0 Å². The molecule has 0 unspecified atom stereocenters. The van der Waals surface area contributed by atoms with Crippen LogP contribution in [0.5, 0.6) is 11.5 Å². The number of benzene rings is 3. The number of hydrogen-bond acceptors (Lipinski definition) is 1. The van der Waals surface area contributed by atoms with Crippen LogP contribution in [-0.4, -0.2) is 0 Å². The molecule has 24 heavy (non-hydrogen) atoms. The minimum absolute atomic E-state index is 0.861. The van der Waals surface area contributed by atoms with E-state index in [4.69, 9.17) is 4.74 Å². The first-order valence-corrected chi connectivity index (χ1v) is 8.57. The molecule has 0 fully saturated rings. The van der Waals surface area contributed by atoms with Crippen LogP contribution in [0.1, 0.15) is 24.8 Å². The molecule has 0 aliphatic rings. The van der Waals surface area contributed by atoms with Crippen LogP contribution in [0.4, 0.5) is 0 Å². The Kier molecular flexibility index (Phi) is 5.68. The van der Waals surface area contributed by atoms with E-state index in [2.05, 4.69) is 55.5 Å². The normalized spacial score (nSPS) is 10.5. The van der Waals surface area contributed by atoms with E-state index in [-0.39, 0.29) is 0 Å². The highest BCUT2D eigenvalue weighted by Crippen LogP contribution is 2.26. The smallest absolute Gasteiger partial charge is 0.127 e. The van der Waals surface area contributed by atoms with Crippen LogP contribution in [0.15, 0.2) is 78.9 Å². The summed E-state index contributed by atoms with van der Waals surface area (Å²) in [5.74, 6) is 1.74. The van der Waals surface area contributed by atoms with Crippen LogP contribution in [-0.2, 0) is 6.42 Å². The van der Waals surface area contributed by atoms with E-state index in [1.807, 2.05) is 30.3 Å². The van der Waals surface area contributed by atoms with Gasteiger partial charge in [-0.2, -0.15) is 0 Å². The second-order valence-corrected chi connectivity index (χ2v) is 5.95. The van der Waals surface area contributed by atoms with Gasteiger partial charge in [0.2, 0.25) is 0 Å². The van der Waals surface area contributed by atoms with Crippen molar-refractivity contribution < 1.29 is 4.74 Å². The van der Waals surface area contributed by atoms with Crippen molar-refractivity contribution in [1.29, 1.82) is 0 Å². The minimum atomic E-state index is 0.861. The Hall–Kier alpha value is -2.54. The molecular weight excluding hydrogens is 292 g/mol. The molecule has 0 aliphatic carbocycles. The molecule has 3 rings (SSSR count). The summed E-state index contributed by atoms with van der Waals surface area (Å²) >= 11 is 0. The summed E-state index contributed by atoms with van der Waals surface area (Å²) in [5, 5.41) is 0. The third kappa shape index (κ3) is 4.48. The average Bonchev–Trinajstić information content (AvgIpc) is 2.65. The number of ether oxygens (including phenoxy) is 1. The van der Waals surface area contributed by atoms with Gasteiger partial charge in [-0.05, 0) is 53.8 Å². The summed E-state index contributed by atoms with van der Waals surface area (Å²) < 4.78 is 5.94. The van der Waals surface area contributed by atoms with Gasteiger partial charge in [0.1, 0.15) is 11.5 Å². The molecule has 0 heterocycles. The van der Waals surface area contributed by atoms with E-state index >= 15 is 0 Å². The standard InChI is InChI=1S/C23H23O/c1-2-3-5-8-19-11-15-22(16-12-19)24-23-17-13-21(14-18-23)20-9-6-4-7-10-20/h4,6-7,9-18H,1-3,5,8H2. The van der Waals surface area contributed by atoms with Gasteiger partial charge in [-0.1, -0.05) is 74.4 Å². The molecule has 3 aromatic carbocycles. The van der Waals surface area contributed by atoms with Gasteiger partial charge < -0.3 is 4.74 Å². The van der Waals surface area contributed by atoms with Crippen molar-refractivity contribution in [3.05, 3.63) is 91.3 Å². The van der Waals surface area contributed by atoms with E-state index < -0.39 is 0 Å². The highest BCUT2D eigenvalue weighted by molar-refractivity contribution is 5.64. The summed E-state index contributed by atoms with van der Waals surface area (Å²) in [4.78, 5) is 0. The van der Waals surface area contributed by atoms with E-state index in [0.29, 0.717) is 0 Å². The Morgan fingerprint density at radius 1 is 0.625 bits per heavy atom.